The Hall–Kier alpha value is -1.30. The van der Waals surface area contributed by atoms with E-state index >= 15 is 0 Å². The third kappa shape index (κ3) is 15.6. The van der Waals surface area contributed by atoms with Crippen molar-refractivity contribution in [3.63, 3.8) is 0 Å². The molecule has 0 radical (unpaired) electrons. The van der Waals surface area contributed by atoms with Crippen molar-refractivity contribution in [1.29, 1.82) is 0 Å². The van der Waals surface area contributed by atoms with Crippen LogP contribution in [0.3, 0.4) is 0 Å². The predicted molar refractivity (Wildman–Crippen MR) is 99.4 cm³/mol. The van der Waals surface area contributed by atoms with E-state index in [1.165, 1.54) is 0 Å². The van der Waals surface area contributed by atoms with Crippen molar-refractivity contribution in [2.24, 2.45) is 10.9 Å². The molecule has 0 aromatic heterocycles. The molecular weight excluding hydrogens is 306 g/mol. The van der Waals surface area contributed by atoms with Gasteiger partial charge in [0.15, 0.2) is 5.96 Å². The first-order valence-electron chi connectivity index (χ1n) is 9.28. The normalized spacial score (nSPS) is 11.6. The molecule has 0 saturated carbocycles. The molecule has 0 aliphatic rings. The summed E-state index contributed by atoms with van der Waals surface area (Å²) >= 11 is 0. The lowest BCUT2D eigenvalue weighted by Crippen LogP contribution is -2.38. The summed E-state index contributed by atoms with van der Waals surface area (Å²) in [5.41, 5.74) is 0. The molecule has 2 N–H and O–H groups in total. The van der Waals surface area contributed by atoms with Crippen molar-refractivity contribution in [2.45, 2.75) is 59.3 Å². The zero-order valence-corrected chi connectivity index (χ0v) is 16.0. The minimum absolute atomic E-state index is 0.0856. The van der Waals surface area contributed by atoms with E-state index in [2.05, 4.69) is 29.5 Å². The third-order valence-corrected chi connectivity index (χ3v) is 3.34. The summed E-state index contributed by atoms with van der Waals surface area (Å²) < 4.78 is 10.5. The van der Waals surface area contributed by atoms with Crippen molar-refractivity contribution >= 4 is 11.9 Å². The van der Waals surface area contributed by atoms with Gasteiger partial charge in [0.25, 0.3) is 0 Å². The van der Waals surface area contributed by atoms with Crippen LogP contribution in [0.25, 0.3) is 0 Å². The molecular formula is C18H37N3O3. The second-order valence-corrected chi connectivity index (χ2v) is 6.22. The molecule has 6 nitrogen and oxygen atoms in total. The van der Waals surface area contributed by atoms with Gasteiger partial charge in [-0.3, -0.25) is 9.79 Å². The molecule has 0 aliphatic carbocycles. The largest absolute Gasteiger partial charge is 0.466 e. The van der Waals surface area contributed by atoms with Gasteiger partial charge in [-0.05, 0) is 32.1 Å². The first kappa shape index (κ1) is 22.7. The summed E-state index contributed by atoms with van der Waals surface area (Å²) in [6.45, 7) is 9.97. The topological polar surface area (TPSA) is 72.0 Å². The fourth-order valence-electron chi connectivity index (χ4n) is 2.11. The van der Waals surface area contributed by atoms with Crippen LogP contribution in [0.2, 0.25) is 0 Å². The number of nitrogens with zero attached hydrogens (tertiary/aromatic N) is 1. The number of hydrogen-bond donors (Lipinski definition) is 2. The lowest BCUT2D eigenvalue weighted by Gasteiger charge is -2.12. The lowest BCUT2D eigenvalue weighted by atomic mass is 10.1. The maximum Gasteiger partial charge on any atom is 0.305 e. The van der Waals surface area contributed by atoms with Gasteiger partial charge < -0.3 is 20.1 Å². The van der Waals surface area contributed by atoms with Crippen LogP contribution in [0.5, 0.6) is 0 Å². The van der Waals surface area contributed by atoms with Gasteiger partial charge in [0.2, 0.25) is 0 Å². The Kier molecular flexibility index (Phi) is 15.7. The quantitative estimate of drug-likeness (QED) is 0.220. The molecule has 0 spiro atoms. The Balaban J connectivity index is 3.45. The van der Waals surface area contributed by atoms with Crippen LogP contribution in [0, 0.1) is 5.92 Å². The van der Waals surface area contributed by atoms with Gasteiger partial charge in [-0.1, -0.05) is 26.7 Å². The Bertz CT molecular complexity index is 333. The Morgan fingerprint density at radius 2 is 1.71 bits per heavy atom. The summed E-state index contributed by atoms with van der Waals surface area (Å²) in [6.07, 6.45) is 5.64. The average molecular weight is 344 g/mol. The van der Waals surface area contributed by atoms with Crippen LogP contribution in [-0.4, -0.2) is 51.9 Å². The van der Waals surface area contributed by atoms with Gasteiger partial charge in [0, 0.05) is 39.8 Å². The molecule has 0 saturated heterocycles. The van der Waals surface area contributed by atoms with E-state index < -0.39 is 0 Å². The number of carbonyl (C=O) groups is 1. The van der Waals surface area contributed by atoms with E-state index in [1.54, 1.807) is 7.05 Å². The van der Waals surface area contributed by atoms with Crippen LogP contribution in [-0.2, 0) is 14.3 Å². The van der Waals surface area contributed by atoms with Crippen LogP contribution in [0.1, 0.15) is 59.3 Å². The minimum Gasteiger partial charge on any atom is -0.466 e. The lowest BCUT2D eigenvalue weighted by molar-refractivity contribution is -0.143. The highest BCUT2D eigenvalue weighted by atomic mass is 16.5. The van der Waals surface area contributed by atoms with Gasteiger partial charge in [0.05, 0.1) is 6.61 Å². The van der Waals surface area contributed by atoms with E-state index in [1.807, 2.05) is 6.92 Å². The molecule has 0 unspecified atom stereocenters. The zero-order chi connectivity index (χ0) is 18.0. The second kappa shape index (κ2) is 16.6. The van der Waals surface area contributed by atoms with Crippen molar-refractivity contribution in [1.82, 2.24) is 10.6 Å². The molecule has 6 heteroatoms. The SMILES string of the molecule is CCOC(=O)CCCCCCNC(=NC)NCCCOCC(C)C. The van der Waals surface area contributed by atoms with Gasteiger partial charge in [0.1, 0.15) is 0 Å². The summed E-state index contributed by atoms with van der Waals surface area (Å²) in [7, 11) is 1.78. The Labute approximate surface area is 147 Å². The van der Waals surface area contributed by atoms with Gasteiger partial charge in [-0.2, -0.15) is 0 Å². The van der Waals surface area contributed by atoms with Crippen LogP contribution in [0.15, 0.2) is 4.99 Å². The monoisotopic (exact) mass is 343 g/mol. The average Bonchev–Trinajstić information content (AvgIpc) is 2.55. The van der Waals surface area contributed by atoms with Gasteiger partial charge in [-0.15, -0.1) is 0 Å². The number of guanidine groups is 1. The van der Waals surface area contributed by atoms with Crippen molar-refractivity contribution in [3.05, 3.63) is 0 Å². The maximum atomic E-state index is 11.2. The number of esters is 1. The minimum atomic E-state index is -0.0856. The summed E-state index contributed by atoms with van der Waals surface area (Å²) in [5, 5.41) is 6.59. The molecule has 0 aromatic carbocycles. The fraction of sp³-hybridized carbons (Fsp3) is 0.889. The third-order valence-electron chi connectivity index (χ3n) is 3.34. The van der Waals surface area contributed by atoms with Crippen molar-refractivity contribution in [2.75, 3.05) is 40.0 Å². The van der Waals surface area contributed by atoms with E-state index in [9.17, 15) is 4.79 Å². The summed E-state index contributed by atoms with van der Waals surface area (Å²) in [6, 6.07) is 0. The fourth-order valence-corrected chi connectivity index (χ4v) is 2.11. The first-order valence-corrected chi connectivity index (χ1v) is 9.28. The molecule has 0 heterocycles. The molecule has 0 rings (SSSR count). The maximum absolute atomic E-state index is 11.2. The molecule has 0 aliphatic heterocycles. The van der Waals surface area contributed by atoms with E-state index in [-0.39, 0.29) is 5.97 Å². The molecule has 0 amide bonds. The van der Waals surface area contributed by atoms with E-state index in [0.717, 1.165) is 64.4 Å². The standard InChI is InChI=1S/C18H37N3O3/c1-5-24-17(22)11-8-6-7-9-12-20-18(19-4)21-13-10-14-23-15-16(2)3/h16H,5-15H2,1-4H3,(H2,19,20,21). The molecule has 0 atom stereocenters. The number of hydrogen-bond acceptors (Lipinski definition) is 4. The smallest absolute Gasteiger partial charge is 0.305 e. The molecule has 0 aromatic rings. The van der Waals surface area contributed by atoms with Crippen LogP contribution < -0.4 is 10.6 Å². The van der Waals surface area contributed by atoms with Gasteiger partial charge in [-0.25, -0.2) is 0 Å². The number of aliphatic imine (C=N–C) groups is 1. The van der Waals surface area contributed by atoms with Crippen LogP contribution in [0.4, 0.5) is 0 Å². The highest BCUT2D eigenvalue weighted by molar-refractivity contribution is 5.79. The number of nitrogens with one attached hydrogen (secondary N) is 2. The Morgan fingerprint density at radius 3 is 2.33 bits per heavy atom. The molecule has 142 valence electrons. The van der Waals surface area contributed by atoms with E-state index in [4.69, 9.17) is 9.47 Å². The number of ether oxygens (including phenoxy) is 2. The first-order chi connectivity index (χ1) is 11.6. The second-order valence-electron chi connectivity index (χ2n) is 6.22. The number of unbranched alkanes of at least 4 members (excludes halogenated alkanes) is 3. The highest BCUT2D eigenvalue weighted by Crippen LogP contribution is 2.03. The van der Waals surface area contributed by atoms with Crippen molar-refractivity contribution in [3.8, 4) is 0 Å². The molecule has 0 bridgehead atoms. The predicted octanol–water partition coefficient (Wildman–Crippen LogP) is 2.73. The summed E-state index contributed by atoms with van der Waals surface area (Å²) in [5.74, 6) is 1.34. The molecule has 0 fully saturated rings. The number of rotatable bonds is 14. The van der Waals surface area contributed by atoms with E-state index in [0.29, 0.717) is 18.9 Å². The van der Waals surface area contributed by atoms with Gasteiger partial charge >= 0.3 is 5.97 Å². The Morgan fingerprint density at radius 1 is 1.04 bits per heavy atom. The van der Waals surface area contributed by atoms with Crippen LogP contribution >= 0.6 is 0 Å². The summed E-state index contributed by atoms with van der Waals surface area (Å²) in [4.78, 5) is 15.4. The zero-order valence-electron chi connectivity index (χ0n) is 16.0. The molecule has 24 heavy (non-hydrogen) atoms. The highest BCUT2D eigenvalue weighted by Gasteiger charge is 2.01. The van der Waals surface area contributed by atoms with Crippen molar-refractivity contribution < 1.29 is 14.3 Å². The number of carbonyl (C=O) groups excluding carboxylic acids is 1.